The zero-order chi connectivity index (χ0) is 13.7. The van der Waals surface area contributed by atoms with E-state index in [2.05, 4.69) is 11.4 Å². The summed E-state index contributed by atoms with van der Waals surface area (Å²) in [6, 6.07) is 7.72. The molecule has 0 radical (unpaired) electrons. The second-order valence-electron chi connectivity index (χ2n) is 5.19. The van der Waals surface area contributed by atoms with Crippen molar-refractivity contribution in [3.63, 3.8) is 0 Å². The van der Waals surface area contributed by atoms with Crippen molar-refractivity contribution >= 4 is 17.3 Å². The highest BCUT2D eigenvalue weighted by atomic mass is 35.5. The fraction of sp³-hybridized carbons (Fsp3) is 0.533. The van der Waals surface area contributed by atoms with Gasteiger partial charge >= 0.3 is 0 Å². The van der Waals surface area contributed by atoms with Crippen molar-refractivity contribution in [1.82, 2.24) is 0 Å². The van der Waals surface area contributed by atoms with E-state index in [0.29, 0.717) is 23.0 Å². The third kappa shape index (κ3) is 3.62. The summed E-state index contributed by atoms with van der Waals surface area (Å²) < 4.78 is 0. The van der Waals surface area contributed by atoms with E-state index in [1.165, 1.54) is 32.1 Å². The van der Waals surface area contributed by atoms with Crippen LogP contribution in [0, 0.1) is 17.2 Å². The maximum absolute atomic E-state index is 9.14. The van der Waals surface area contributed by atoms with Crippen LogP contribution in [0.1, 0.15) is 37.7 Å². The second-order valence-corrected chi connectivity index (χ2v) is 5.62. The van der Waals surface area contributed by atoms with Crippen molar-refractivity contribution in [2.24, 2.45) is 11.7 Å². The average Bonchev–Trinajstić information content (AvgIpc) is 2.46. The molecular formula is C15H20ClN3. The van der Waals surface area contributed by atoms with Crippen LogP contribution in [-0.2, 0) is 0 Å². The molecule has 0 saturated heterocycles. The predicted molar refractivity (Wildman–Crippen MR) is 79.2 cm³/mol. The lowest BCUT2D eigenvalue weighted by Gasteiger charge is -2.31. The maximum Gasteiger partial charge on any atom is 0.101 e. The zero-order valence-electron chi connectivity index (χ0n) is 11.0. The molecule has 102 valence electrons. The lowest BCUT2D eigenvalue weighted by molar-refractivity contribution is 0.320. The number of nitriles is 1. The van der Waals surface area contributed by atoms with Gasteiger partial charge in [0.2, 0.25) is 0 Å². The Bertz CT molecular complexity index is 461. The van der Waals surface area contributed by atoms with Crippen molar-refractivity contribution in [2.75, 3.05) is 11.9 Å². The van der Waals surface area contributed by atoms with E-state index in [9.17, 15) is 0 Å². The van der Waals surface area contributed by atoms with Gasteiger partial charge < -0.3 is 11.1 Å². The van der Waals surface area contributed by atoms with Gasteiger partial charge in [-0.3, -0.25) is 0 Å². The van der Waals surface area contributed by atoms with Crippen molar-refractivity contribution in [3.8, 4) is 6.07 Å². The summed E-state index contributed by atoms with van der Waals surface area (Å²) in [6.45, 7) is 0.585. The molecule has 1 aromatic carbocycles. The Labute approximate surface area is 119 Å². The Morgan fingerprint density at radius 2 is 2.11 bits per heavy atom. The van der Waals surface area contributed by atoms with Crippen molar-refractivity contribution in [2.45, 2.75) is 38.1 Å². The molecule has 1 saturated carbocycles. The molecule has 0 aliphatic heterocycles. The summed E-state index contributed by atoms with van der Waals surface area (Å²) in [5, 5.41) is 13.2. The topological polar surface area (TPSA) is 61.8 Å². The average molecular weight is 278 g/mol. The highest BCUT2D eigenvalue weighted by Gasteiger charge is 2.23. The van der Waals surface area contributed by atoms with Crippen molar-refractivity contribution in [1.29, 1.82) is 5.26 Å². The van der Waals surface area contributed by atoms with Crippen LogP contribution < -0.4 is 11.1 Å². The molecule has 1 fully saturated rings. The molecule has 19 heavy (non-hydrogen) atoms. The highest BCUT2D eigenvalue weighted by molar-refractivity contribution is 6.30. The fourth-order valence-electron chi connectivity index (χ4n) is 2.84. The van der Waals surface area contributed by atoms with Crippen LogP contribution in [0.5, 0.6) is 0 Å². The van der Waals surface area contributed by atoms with Crippen LogP contribution in [0.25, 0.3) is 0 Å². The lowest BCUT2D eigenvalue weighted by atomic mass is 9.83. The molecule has 1 atom stereocenters. The number of anilines is 1. The van der Waals surface area contributed by atoms with E-state index >= 15 is 0 Å². The summed E-state index contributed by atoms with van der Waals surface area (Å²) in [7, 11) is 0. The van der Waals surface area contributed by atoms with Gasteiger partial charge in [0.15, 0.2) is 0 Å². The first-order valence-corrected chi connectivity index (χ1v) is 7.28. The quantitative estimate of drug-likeness (QED) is 0.885. The molecule has 4 heteroatoms. The van der Waals surface area contributed by atoms with Crippen LogP contribution in [0.15, 0.2) is 18.2 Å². The molecule has 3 N–H and O–H groups in total. The van der Waals surface area contributed by atoms with Crippen molar-refractivity contribution < 1.29 is 0 Å². The number of nitrogens with one attached hydrogen (secondary N) is 1. The van der Waals surface area contributed by atoms with Gasteiger partial charge in [-0.05, 0) is 37.0 Å². The van der Waals surface area contributed by atoms with Gasteiger partial charge in [0.25, 0.3) is 0 Å². The van der Waals surface area contributed by atoms with Gasteiger partial charge in [0.05, 0.1) is 11.3 Å². The molecule has 1 aliphatic carbocycles. The molecule has 0 heterocycles. The molecule has 2 rings (SSSR count). The summed E-state index contributed by atoms with van der Waals surface area (Å²) in [4.78, 5) is 0. The third-order valence-electron chi connectivity index (χ3n) is 3.92. The molecular weight excluding hydrogens is 258 g/mol. The first-order chi connectivity index (χ1) is 9.24. The Morgan fingerprint density at radius 3 is 2.74 bits per heavy atom. The fourth-order valence-corrected chi connectivity index (χ4v) is 3.01. The Balaban J connectivity index is 2.13. The number of nitrogens with zero attached hydrogens (tertiary/aromatic N) is 1. The van der Waals surface area contributed by atoms with Crippen LogP contribution in [0.2, 0.25) is 5.02 Å². The lowest BCUT2D eigenvalue weighted by Crippen LogP contribution is -2.37. The number of benzene rings is 1. The first kappa shape index (κ1) is 14.2. The van der Waals surface area contributed by atoms with Gasteiger partial charge in [-0.25, -0.2) is 0 Å². The van der Waals surface area contributed by atoms with E-state index < -0.39 is 0 Å². The minimum absolute atomic E-state index is 0.228. The Kier molecular flexibility index (Phi) is 5.07. The largest absolute Gasteiger partial charge is 0.380 e. The summed E-state index contributed by atoms with van der Waals surface area (Å²) in [6.07, 6.45) is 6.33. The number of halogens is 1. The molecule has 1 unspecified atom stereocenters. The molecule has 1 aliphatic rings. The predicted octanol–water partition coefficient (Wildman–Crippen LogP) is 3.53. The van der Waals surface area contributed by atoms with Gasteiger partial charge in [-0.2, -0.15) is 5.26 Å². The van der Waals surface area contributed by atoms with Crippen molar-refractivity contribution in [3.05, 3.63) is 28.8 Å². The van der Waals surface area contributed by atoms with E-state index in [-0.39, 0.29) is 6.04 Å². The zero-order valence-corrected chi connectivity index (χ0v) is 11.8. The molecule has 0 bridgehead atoms. The molecule has 3 nitrogen and oxygen atoms in total. The van der Waals surface area contributed by atoms with E-state index in [0.717, 1.165) is 5.69 Å². The number of rotatable bonds is 4. The summed E-state index contributed by atoms with van der Waals surface area (Å²) >= 11 is 6.01. The normalized spacial score (nSPS) is 17.7. The van der Waals surface area contributed by atoms with Crippen LogP contribution in [-0.4, -0.2) is 12.6 Å². The van der Waals surface area contributed by atoms with E-state index in [1.807, 2.05) is 6.07 Å². The minimum atomic E-state index is 0.228. The third-order valence-corrected chi connectivity index (χ3v) is 4.15. The SMILES string of the molecule is N#Cc1ccc(Cl)cc1NC(CN)C1CCCCC1. The number of hydrogen-bond acceptors (Lipinski definition) is 3. The van der Waals surface area contributed by atoms with Gasteiger partial charge in [-0.15, -0.1) is 0 Å². The van der Waals surface area contributed by atoms with E-state index in [4.69, 9.17) is 22.6 Å². The summed E-state index contributed by atoms with van der Waals surface area (Å²) in [5.74, 6) is 0.601. The van der Waals surface area contributed by atoms with Gasteiger partial charge in [0.1, 0.15) is 6.07 Å². The van der Waals surface area contributed by atoms with Crippen LogP contribution in [0.4, 0.5) is 5.69 Å². The molecule has 0 amide bonds. The Morgan fingerprint density at radius 1 is 1.37 bits per heavy atom. The molecule has 1 aromatic rings. The highest BCUT2D eigenvalue weighted by Crippen LogP contribution is 2.29. The van der Waals surface area contributed by atoms with E-state index in [1.54, 1.807) is 12.1 Å². The first-order valence-electron chi connectivity index (χ1n) is 6.91. The maximum atomic E-state index is 9.14. The minimum Gasteiger partial charge on any atom is -0.380 e. The van der Waals surface area contributed by atoms with Gasteiger partial charge in [0, 0.05) is 17.6 Å². The monoisotopic (exact) mass is 277 g/mol. The van der Waals surface area contributed by atoms with Crippen LogP contribution in [0.3, 0.4) is 0 Å². The van der Waals surface area contributed by atoms with Crippen LogP contribution >= 0.6 is 11.6 Å². The molecule has 0 aromatic heterocycles. The Hall–Kier alpha value is -1.24. The number of nitrogens with two attached hydrogens (primary N) is 1. The molecule has 0 spiro atoms. The van der Waals surface area contributed by atoms with Gasteiger partial charge in [-0.1, -0.05) is 30.9 Å². The smallest absolute Gasteiger partial charge is 0.101 e. The summed E-state index contributed by atoms with van der Waals surface area (Å²) in [5.41, 5.74) is 7.33. The standard InChI is InChI=1S/C15H20ClN3/c16-13-7-6-12(9-17)14(8-13)19-15(10-18)11-4-2-1-3-5-11/h6-8,11,15,19H,1-5,10,18H2. The second kappa shape index (κ2) is 6.79. The number of hydrogen-bond donors (Lipinski definition) is 2.